The summed E-state index contributed by atoms with van der Waals surface area (Å²) in [7, 11) is 0. The Morgan fingerprint density at radius 1 is 1.00 bits per heavy atom. The van der Waals surface area contributed by atoms with Crippen LogP contribution in [0.4, 0.5) is 11.4 Å². The first kappa shape index (κ1) is 17.0. The molecule has 140 valence electrons. The maximum absolute atomic E-state index is 12.5. The van der Waals surface area contributed by atoms with Gasteiger partial charge in [0.2, 0.25) is 5.91 Å². The maximum Gasteiger partial charge on any atom is 0.234 e. The topological polar surface area (TPSA) is 32.3 Å². The summed E-state index contributed by atoms with van der Waals surface area (Å²) < 4.78 is 0.422. The molecule has 6 rings (SSSR count). The van der Waals surface area contributed by atoms with E-state index in [1.54, 1.807) is 0 Å². The van der Waals surface area contributed by atoms with Crippen LogP contribution < -0.4 is 10.2 Å². The molecule has 4 bridgehead atoms. The Bertz CT molecular complexity index is 630. The fourth-order valence-electron chi connectivity index (χ4n) is 6.35. The summed E-state index contributed by atoms with van der Waals surface area (Å²) in [5.74, 6) is 3.64. The molecule has 1 aliphatic heterocycles. The highest BCUT2D eigenvalue weighted by Crippen LogP contribution is 2.60. The normalized spacial score (nSPS) is 35.1. The van der Waals surface area contributed by atoms with Crippen molar-refractivity contribution in [3.05, 3.63) is 24.3 Å². The molecule has 4 heteroatoms. The van der Waals surface area contributed by atoms with Gasteiger partial charge in [0.1, 0.15) is 0 Å². The van der Waals surface area contributed by atoms with Crippen molar-refractivity contribution >= 4 is 29.0 Å². The van der Waals surface area contributed by atoms with Gasteiger partial charge in [-0.2, -0.15) is 0 Å². The first-order chi connectivity index (χ1) is 12.7. The quantitative estimate of drug-likeness (QED) is 0.798. The number of benzene rings is 1. The molecular weight excluding hydrogens is 340 g/mol. The Balaban J connectivity index is 1.15. The molecule has 0 aromatic heterocycles. The lowest BCUT2D eigenvalue weighted by atomic mass is 9.56. The fraction of sp³-hybridized carbons (Fsp3) is 0.682. The molecule has 0 unspecified atom stereocenters. The van der Waals surface area contributed by atoms with E-state index in [9.17, 15) is 4.79 Å². The van der Waals surface area contributed by atoms with E-state index in [2.05, 4.69) is 34.5 Å². The van der Waals surface area contributed by atoms with Gasteiger partial charge in [0.25, 0.3) is 0 Å². The number of nitrogens with one attached hydrogen (secondary N) is 1. The average Bonchev–Trinajstić information content (AvgIpc) is 3.14. The van der Waals surface area contributed by atoms with Crippen LogP contribution in [-0.4, -0.2) is 29.5 Å². The van der Waals surface area contributed by atoms with E-state index in [-0.39, 0.29) is 5.91 Å². The van der Waals surface area contributed by atoms with Gasteiger partial charge in [-0.3, -0.25) is 4.79 Å². The highest BCUT2D eigenvalue weighted by Gasteiger charge is 2.51. The zero-order valence-electron chi connectivity index (χ0n) is 15.6. The van der Waals surface area contributed by atoms with Crippen LogP contribution in [0.1, 0.15) is 51.4 Å². The molecular formula is C22H30N2OS. The highest BCUT2D eigenvalue weighted by atomic mass is 32.2. The van der Waals surface area contributed by atoms with Crippen molar-refractivity contribution in [2.75, 3.05) is 29.1 Å². The van der Waals surface area contributed by atoms with E-state index in [0.717, 1.165) is 36.5 Å². The maximum atomic E-state index is 12.5. The summed E-state index contributed by atoms with van der Waals surface area (Å²) in [4.78, 5) is 14.9. The van der Waals surface area contributed by atoms with Gasteiger partial charge in [-0.25, -0.2) is 0 Å². The van der Waals surface area contributed by atoms with Crippen molar-refractivity contribution < 1.29 is 4.79 Å². The lowest BCUT2D eigenvalue weighted by molar-refractivity contribution is -0.113. The van der Waals surface area contributed by atoms with Gasteiger partial charge < -0.3 is 10.2 Å². The number of carbonyl (C=O) groups excluding carboxylic acids is 1. The number of carbonyl (C=O) groups is 1. The van der Waals surface area contributed by atoms with Crippen molar-refractivity contribution in [3.63, 3.8) is 0 Å². The molecule has 1 saturated heterocycles. The molecule has 5 aliphatic rings. The summed E-state index contributed by atoms with van der Waals surface area (Å²) in [6, 6.07) is 8.40. The summed E-state index contributed by atoms with van der Waals surface area (Å²) in [6.45, 7) is 2.32. The first-order valence-corrected chi connectivity index (χ1v) is 11.4. The first-order valence-electron chi connectivity index (χ1n) is 10.5. The van der Waals surface area contributed by atoms with Gasteiger partial charge in [0, 0.05) is 29.2 Å². The molecule has 1 aromatic carbocycles. The molecule has 1 N–H and O–H groups in total. The van der Waals surface area contributed by atoms with Crippen molar-refractivity contribution in [1.29, 1.82) is 0 Å². The van der Waals surface area contributed by atoms with E-state index < -0.39 is 0 Å². The Kier molecular flexibility index (Phi) is 4.42. The largest absolute Gasteiger partial charge is 0.372 e. The number of thioether (sulfide) groups is 1. The second-order valence-electron chi connectivity index (χ2n) is 9.18. The van der Waals surface area contributed by atoms with E-state index in [1.165, 1.54) is 57.1 Å². The molecule has 0 atom stereocenters. The molecule has 1 amide bonds. The van der Waals surface area contributed by atoms with E-state index >= 15 is 0 Å². The summed E-state index contributed by atoms with van der Waals surface area (Å²) in [5.41, 5.74) is 2.22. The van der Waals surface area contributed by atoms with Crippen LogP contribution in [0.2, 0.25) is 0 Å². The van der Waals surface area contributed by atoms with Crippen LogP contribution in [0.5, 0.6) is 0 Å². The second kappa shape index (κ2) is 6.78. The molecule has 0 spiro atoms. The minimum Gasteiger partial charge on any atom is -0.372 e. The smallest absolute Gasteiger partial charge is 0.234 e. The minimum absolute atomic E-state index is 0.166. The lowest BCUT2D eigenvalue weighted by Crippen LogP contribution is -2.49. The molecule has 5 fully saturated rings. The van der Waals surface area contributed by atoms with E-state index in [0.29, 0.717) is 10.5 Å². The van der Waals surface area contributed by atoms with Crippen LogP contribution in [0.25, 0.3) is 0 Å². The third-order valence-electron chi connectivity index (χ3n) is 7.11. The van der Waals surface area contributed by atoms with Crippen molar-refractivity contribution in [2.45, 2.75) is 56.1 Å². The summed E-state index contributed by atoms with van der Waals surface area (Å²) in [6.07, 6.45) is 11.1. The monoisotopic (exact) mass is 370 g/mol. The van der Waals surface area contributed by atoms with Gasteiger partial charge >= 0.3 is 0 Å². The van der Waals surface area contributed by atoms with Gasteiger partial charge in [-0.1, -0.05) is 0 Å². The molecule has 26 heavy (non-hydrogen) atoms. The Morgan fingerprint density at radius 3 is 2.15 bits per heavy atom. The molecule has 4 aliphatic carbocycles. The fourth-order valence-corrected chi connectivity index (χ4v) is 7.92. The van der Waals surface area contributed by atoms with Crippen LogP contribution >= 0.6 is 11.8 Å². The number of nitrogens with zero attached hydrogens (tertiary/aromatic N) is 1. The number of hydrogen-bond acceptors (Lipinski definition) is 3. The Hall–Kier alpha value is -1.16. The van der Waals surface area contributed by atoms with Gasteiger partial charge in [-0.15, -0.1) is 11.8 Å². The SMILES string of the molecule is O=C(CSC12CC3CC(CC(C3)C1)C2)Nc1ccc(N2CCCC2)cc1. The standard InChI is InChI=1S/C22H30N2OS/c25-21(23-19-3-5-20(6-4-19)24-7-1-2-8-24)15-26-22-12-16-9-17(13-22)11-18(10-16)14-22/h3-6,16-18H,1-2,7-15H2,(H,23,25). The third kappa shape index (κ3) is 3.37. The average molecular weight is 371 g/mol. The number of amides is 1. The van der Waals surface area contributed by atoms with E-state index in [4.69, 9.17) is 0 Å². The van der Waals surface area contributed by atoms with Gasteiger partial charge in [-0.05, 0) is 93.4 Å². The zero-order valence-corrected chi connectivity index (χ0v) is 16.4. The predicted octanol–water partition coefficient (Wildman–Crippen LogP) is 4.93. The van der Waals surface area contributed by atoms with E-state index in [1.807, 2.05) is 11.8 Å². The number of hydrogen-bond donors (Lipinski definition) is 1. The summed E-state index contributed by atoms with van der Waals surface area (Å²) in [5, 5.41) is 3.11. The third-order valence-corrected chi connectivity index (χ3v) is 8.63. The van der Waals surface area contributed by atoms with Crippen molar-refractivity contribution in [1.82, 2.24) is 0 Å². The zero-order chi connectivity index (χ0) is 17.6. The summed E-state index contributed by atoms with van der Waals surface area (Å²) >= 11 is 1.96. The minimum atomic E-state index is 0.166. The van der Waals surface area contributed by atoms with Crippen LogP contribution in [-0.2, 0) is 4.79 Å². The highest BCUT2D eigenvalue weighted by molar-refractivity contribution is 8.01. The molecule has 3 nitrogen and oxygen atoms in total. The molecule has 1 aromatic rings. The van der Waals surface area contributed by atoms with Crippen LogP contribution in [0.3, 0.4) is 0 Å². The van der Waals surface area contributed by atoms with Gasteiger partial charge in [0.15, 0.2) is 0 Å². The Morgan fingerprint density at radius 2 is 1.58 bits per heavy atom. The molecule has 4 saturated carbocycles. The van der Waals surface area contributed by atoms with Gasteiger partial charge in [0.05, 0.1) is 5.75 Å². The number of anilines is 2. The Labute approximate surface area is 161 Å². The number of rotatable bonds is 5. The predicted molar refractivity (Wildman–Crippen MR) is 110 cm³/mol. The van der Waals surface area contributed by atoms with Crippen LogP contribution in [0.15, 0.2) is 24.3 Å². The van der Waals surface area contributed by atoms with Crippen molar-refractivity contribution in [3.8, 4) is 0 Å². The second-order valence-corrected chi connectivity index (χ2v) is 10.6. The molecule has 0 radical (unpaired) electrons. The van der Waals surface area contributed by atoms with Crippen LogP contribution in [0, 0.1) is 17.8 Å². The van der Waals surface area contributed by atoms with Crippen molar-refractivity contribution in [2.24, 2.45) is 17.8 Å². The molecule has 1 heterocycles. The lowest BCUT2D eigenvalue weighted by Gasteiger charge is -2.56.